The summed E-state index contributed by atoms with van der Waals surface area (Å²) in [6.07, 6.45) is 9.80. The summed E-state index contributed by atoms with van der Waals surface area (Å²) >= 11 is 0. The lowest BCUT2D eigenvalue weighted by Gasteiger charge is -2.33. The van der Waals surface area contributed by atoms with Crippen LogP contribution in [-0.4, -0.2) is 90.3 Å². The molecule has 1 fully saturated rings. The molecule has 2 aromatic rings. The van der Waals surface area contributed by atoms with Crippen LogP contribution < -0.4 is 10.1 Å². The first-order valence-corrected chi connectivity index (χ1v) is 14.8. The van der Waals surface area contributed by atoms with Crippen LogP contribution in [0.25, 0.3) is 0 Å². The topological polar surface area (TPSA) is 100 Å². The minimum Gasteiger partial charge on any atom is -0.493 e. The highest BCUT2D eigenvalue weighted by molar-refractivity contribution is 7.88. The van der Waals surface area contributed by atoms with Crippen molar-refractivity contribution in [3.05, 3.63) is 65.0 Å². The number of nitrogens with one attached hydrogen (secondary N) is 1. The number of rotatable bonds is 8. The molecule has 0 aliphatic carbocycles. The molecule has 38 heavy (non-hydrogen) atoms. The van der Waals surface area contributed by atoms with Gasteiger partial charge < -0.3 is 19.9 Å². The van der Waals surface area contributed by atoms with Crippen molar-refractivity contribution < 1.29 is 17.9 Å². The molecule has 1 saturated heterocycles. The van der Waals surface area contributed by atoms with Crippen LogP contribution in [0, 0.1) is 6.92 Å². The summed E-state index contributed by atoms with van der Waals surface area (Å²) in [5.74, 6) is 1.62. The fraction of sp³-hybridized carbons (Fsp3) is 0.481. The summed E-state index contributed by atoms with van der Waals surface area (Å²) in [5.41, 5.74) is 3.43. The van der Waals surface area contributed by atoms with Gasteiger partial charge in [-0.25, -0.2) is 8.42 Å². The second-order valence-corrected chi connectivity index (χ2v) is 11.8. The van der Waals surface area contributed by atoms with Crippen molar-refractivity contribution in [2.45, 2.75) is 26.8 Å². The zero-order valence-corrected chi connectivity index (χ0v) is 23.5. The lowest BCUT2D eigenvalue weighted by molar-refractivity contribution is 0.0761. The van der Waals surface area contributed by atoms with Crippen LogP contribution in [0.15, 0.2) is 48.3 Å². The number of hydrogen-bond donors (Lipinski definition) is 1. The molecule has 0 radical (unpaired) electrons. The number of carbonyl (C=O) groups is 1. The quantitative estimate of drug-likeness (QED) is 0.512. The number of nitrogens with zero attached hydrogens (tertiary/aromatic N) is 5. The number of benzene rings is 1. The van der Waals surface area contributed by atoms with Gasteiger partial charge in [0.05, 0.1) is 32.1 Å². The van der Waals surface area contributed by atoms with Gasteiger partial charge in [0.1, 0.15) is 11.6 Å². The van der Waals surface area contributed by atoms with Crippen LogP contribution in [0.4, 0.5) is 5.82 Å². The smallest absolute Gasteiger partial charge is 0.254 e. The van der Waals surface area contributed by atoms with Crippen LogP contribution in [0.1, 0.15) is 34.8 Å². The molecule has 0 bridgehead atoms. The fourth-order valence-corrected chi connectivity index (χ4v) is 5.58. The van der Waals surface area contributed by atoms with Gasteiger partial charge in [-0.05, 0) is 50.1 Å². The Labute approximate surface area is 225 Å². The van der Waals surface area contributed by atoms with E-state index in [1.54, 1.807) is 10.9 Å². The van der Waals surface area contributed by atoms with Crippen molar-refractivity contribution in [1.29, 1.82) is 0 Å². The van der Waals surface area contributed by atoms with Crippen LogP contribution in [-0.2, 0) is 23.6 Å². The predicted octanol–water partition coefficient (Wildman–Crippen LogP) is 2.60. The number of aromatic nitrogens is 2. The van der Waals surface area contributed by atoms with E-state index in [4.69, 9.17) is 4.74 Å². The Bertz CT molecular complexity index is 1310. The van der Waals surface area contributed by atoms with Gasteiger partial charge in [-0.15, -0.1) is 0 Å². The van der Waals surface area contributed by atoms with Gasteiger partial charge in [-0.2, -0.15) is 9.40 Å². The minimum atomic E-state index is -3.11. The van der Waals surface area contributed by atoms with Gasteiger partial charge >= 0.3 is 0 Å². The molecule has 10 nitrogen and oxygen atoms in total. The normalized spacial score (nSPS) is 18.4. The van der Waals surface area contributed by atoms with Crippen molar-refractivity contribution in [1.82, 2.24) is 23.9 Å². The standard InChI is InChI=1S/C27H38N6O4S/c1-5-6-8-24-20-32(19-23-18-28-30(3)26(23)29-24)27(34)22-9-10-25(21(2)17-22)37-16-7-11-31-12-14-33(15-13-31)38(4,35)36/h5-6,8-10,17-18,29H,7,11-16,19-20H2,1-4H3/b6-5-,24-8+. The highest BCUT2D eigenvalue weighted by Crippen LogP contribution is 2.26. The highest BCUT2D eigenvalue weighted by Gasteiger charge is 2.25. The molecule has 1 aromatic heterocycles. The third-order valence-electron chi connectivity index (χ3n) is 6.89. The number of sulfonamides is 1. The number of ether oxygens (including phenoxy) is 1. The lowest BCUT2D eigenvalue weighted by Crippen LogP contribution is -2.48. The van der Waals surface area contributed by atoms with Crippen molar-refractivity contribution in [3.8, 4) is 5.75 Å². The second kappa shape index (κ2) is 12.1. The largest absolute Gasteiger partial charge is 0.493 e. The molecule has 2 aliphatic heterocycles. The van der Waals surface area contributed by atoms with Crippen molar-refractivity contribution in [3.63, 3.8) is 0 Å². The zero-order chi connectivity index (χ0) is 27.3. The Hall–Kier alpha value is -3.15. The molecule has 206 valence electrons. The molecule has 0 atom stereocenters. The third kappa shape index (κ3) is 6.83. The lowest BCUT2D eigenvalue weighted by atomic mass is 10.1. The van der Waals surface area contributed by atoms with Crippen molar-refractivity contribution >= 4 is 21.7 Å². The molecule has 0 saturated carbocycles. The number of piperazine rings is 1. The number of anilines is 1. The van der Waals surface area contributed by atoms with Crippen LogP contribution >= 0.6 is 0 Å². The van der Waals surface area contributed by atoms with E-state index in [2.05, 4.69) is 15.3 Å². The molecule has 4 rings (SSSR count). The molecule has 1 N–H and O–H groups in total. The molecule has 11 heteroatoms. The first-order chi connectivity index (χ1) is 18.2. The van der Waals surface area contributed by atoms with E-state index in [0.29, 0.717) is 38.3 Å². The first kappa shape index (κ1) is 27.9. The van der Waals surface area contributed by atoms with Gasteiger partial charge in [-0.1, -0.05) is 12.2 Å². The van der Waals surface area contributed by atoms with Crippen LogP contribution in [0.3, 0.4) is 0 Å². The average molecular weight is 543 g/mol. The average Bonchev–Trinajstić information content (AvgIpc) is 3.11. The number of hydrogen-bond acceptors (Lipinski definition) is 7. The number of fused-ring (bicyclic) bond motifs is 1. The van der Waals surface area contributed by atoms with E-state index < -0.39 is 10.0 Å². The number of aryl methyl sites for hydroxylation is 2. The van der Waals surface area contributed by atoms with E-state index in [1.165, 1.54) is 10.6 Å². The SMILES string of the molecule is C/C=C\C=C1/CN(C(=O)c2ccc(OCCCN3CCN(S(C)(=O)=O)CC3)c(C)c2)Cc2cnn(C)c2N1. The van der Waals surface area contributed by atoms with E-state index in [-0.39, 0.29) is 5.91 Å². The maximum Gasteiger partial charge on any atom is 0.254 e. The monoisotopic (exact) mass is 542 g/mol. The van der Waals surface area contributed by atoms with E-state index in [9.17, 15) is 13.2 Å². The molecule has 0 spiro atoms. The first-order valence-electron chi connectivity index (χ1n) is 13.0. The maximum atomic E-state index is 13.5. The molecule has 2 aliphatic rings. The van der Waals surface area contributed by atoms with Gasteiger partial charge in [0.2, 0.25) is 10.0 Å². The summed E-state index contributed by atoms with van der Waals surface area (Å²) < 4.78 is 32.7. The number of amides is 1. The second-order valence-electron chi connectivity index (χ2n) is 9.83. The summed E-state index contributed by atoms with van der Waals surface area (Å²) in [6, 6.07) is 5.59. The highest BCUT2D eigenvalue weighted by atomic mass is 32.2. The van der Waals surface area contributed by atoms with E-state index in [1.807, 2.05) is 62.2 Å². The van der Waals surface area contributed by atoms with Crippen LogP contribution in [0.2, 0.25) is 0 Å². The molecule has 1 aromatic carbocycles. The van der Waals surface area contributed by atoms with Gasteiger partial charge in [0, 0.05) is 56.6 Å². The van der Waals surface area contributed by atoms with E-state index in [0.717, 1.165) is 54.4 Å². The minimum absolute atomic E-state index is 0.0437. The third-order valence-corrected chi connectivity index (χ3v) is 8.19. The van der Waals surface area contributed by atoms with Crippen molar-refractivity contribution in [2.75, 3.05) is 57.4 Å². The number of allylic oxidation sites excluding steroid dienone is 3. The van der Waals surface area contributed by atoms with Gasteiger partial charge in [-0.3, -0.25) is 9.48 Å². The molecular formula is C27H38N6O4S. The van der Waals surface area contributed by atoms with Crippen LogP contribution in [0.5, 0.6) is 5.75 Å². The molecule has 3 heterocycles. The molecular weight excluding hydrogens is 504 g/mol. The van der Waals surface area contributed by atoms with Crippen molar-refractivity contribution in [2.24, 2.45) is 7.05 Å². The summed E-state index contributed by atoms with van der Waals surface area (Å²) in [4.78, 5) is 17.6. The summed E-state index contributed by atoms with van der Waals surface area (Å²) in [7, 11) is -1.22. The Kier molecular flexibility index (Phi) is 8.91. The Morgan fingerprint density at radius 1 is 1.18 bits per heavy atom. The Morgan fingerprint density at radius 2 is 1.95 bits per heavy atom. The fourth-order valence-electron chi connectivity index (χ4n) is 4.75. The summed E-state index contributed by atoms with van der Waals surface area (Å²) in [6.45, 7) is 8.81. The van der Waals surface area contributed by atoms with E-state index >= 15 is 0 Å². The number of carbonyl (C=O) groups excluding carboxylic acids is 1. The Morgan fingerprint density at radius 3 is 2.63 bits per heavy atom. The zero-order valence-electron chi connectivity index (χ0n) is 22.7. The van der Waals surface area contributed by atoms with Gasteiger partial charge in [0.15, 0.2) is 0 Å². The molecule has 1 amide bonds. The van der Waals surface area contributed by atoms with Gasteiger partial charge in [0.25, 0.3) is 5.91 Å². The maximum absolute atomic E-state index is 13.5. The molecule has 0 unspecified atom stereocenters. The Balaban J connectivity index is 1.33. The summed E-state index contributed by atoms with van der Waals surface area (Å²) in [5, 5.41) is 7.77. The predicted molar refractivity (Wildman–Crippen MR) is 149 cm³/mol.